The van der Waals surface area contributed by atoms with Gasteiger partial charge in [-0.15, -0.1) is 0 Å². The summed E-state index contributed by atoms with van der Waals surface area (Å²) in [7, 11) is 0. The molecule has 0 aliphatic rings. The topological polar surface area (TPSA) is 26.3 Å². The molecule has 0 aromatic rings. The second-order valence-electron chi connectivity index (χ2n) is 7.62. The van der Waals surface area contributed by atoms with Crippen LogP contribution >= 0.6 is 0 Å². The van der Waals surface area contributed by atoms with Crippen LogP contribution in [-0.4, -0.2) is 12.6 Å². The highest BCUT2D eigenvalue weighted by Gasteiger charge is 2.26. The molecule has 0 bridgehead atoms. The average molecular weight is 327 g/mol. The van der Waals surface area contributed by atoms with Gasteiger partial charge in [-0.2, -0.15) is 0 Å². The zero-order valence-electron chi connectivity index (χ0n) is 16.4. The second-order valence-corrected chi connectivity index (χ2v) is 7.62. The third-order valence-electron chi connectivity index (χ3n) is 4.92. The largest absolute Gasteiger partial charge is 0.465 e. The lowest BCUT2D eigenvalue weighted by Crippen LogP contribution is -2.26. The predicted molar refractivity (Wildman–Crippen MR) is 101 cm³/mol. The highest BCUT2D eigenvalue weighted by molar-refractivity contribution is 5.75. The average Bonchev–Trinajstić information content (AvgIpc) is 2.54. The summed E-state index contributed by atoms with van der Waals surface area (Å²) in [6.07, 6.45) is 18.3. The van der Waals surface area contributed by atoms with Gasteiger partial charge in [0.2, 0.25) is 0 Å². The van der Waals surface area contributed by atoms with Crippen molar-refractivity contribution in [2.24, 2.45) is 5.41 Å². The van der Waals surface area contributed by atoms with Crippen LogP contribution in [0.1, 0.15) is 118 Å². The second kappa shape index (κ2) is 15.0. The van der Waals surface area contributed by atoms with Gasteiger partial charge in [0.1, 0.15) is 0 Å². The van der Waals surface area contributed by atoms with Gasteiger partial charge in [-0.25, -0.2) is 0 Å². The summed E-state index contributed by atoms with van der Waals surface area (Å²) in [5.74, 6) is -0.0427. The Morgan fingerprint density at radius 3 is 1.48 bits per heavy atom. The third kappa shape index (κ3) is 13.6. The first-order chi connectivity index (χ1) is 11.0. The van der Waals surface area contributed by atoms with Gasteiger partial charge in [0, 0.05) is 0 Å². The first-order valence-electron chi connectivity index (χ1n) is 10.2. The lowest BCUT2D eigenvalue weighted by Gasteiger charge is -2.20. The van der Waals surface area contributed by atoms with E-state index >= 15 is 0 Å². The van der Waals surface area contributed by atoms with Gasteiger partial charge in [0.05, 0.1) is 12.0 Å². The van der Waals surface area contributed by atoms with Crippen molar-refractivity contribution < 1.29 is 9.53 Å². The molecule has 138 valence electrons. The van der Waals surface area contributed by atoms with E-state index in [4.69, 9.17) is 4.74 Å². The molecule has 2 heteroatoms. The molecule has 0 N–H and O–H groups in total. The molecule has 0 aromatic carbocycles. The van der Waals surface area contributed by atoms with E-state index in [0.29, 0.717) is 6.61 Å². The zero-order valence-corrected chi connectivity index (χ0v) is 16.4. The third-order valence-corrected chi connectivity index (χ3v) is 4.92. The van der Waals surface area contributed by atoms with Gasteiger partial charge in [0.15, 0.2) is 0 Å². The van der Waals surface area contributed by atoms with Crippen LogP contribution in [0.2, 0.25) is 0 Å². The predicted octanol–water partition coefficient (Wildman–Crippen LogP) is 7.06. The summed E-state index contributed by atoms with van der Waals surface area (Å²) >= 11 is 0. The van der Waals surface area contributed by atoms with Crippen LogP contribution in [0, 0.1) is 5.41 Å². The van der Waals surface area contributed by atoms with Crippen molar-refractivity contribution in [3.63, 3.8) is 0 Å². The van der Waals surface area contributed by atoms with Crippen molar-refractivity contribution in [1.29, 1.82) is 0 Å². The van der Waals surface area contributed by atoms with Gasteiger partial charge in [-0.05, 0) is 26.7 Å². The van der Waals surface area contributed by atoms with E-state index in [2.05, 4.69) is 6.92 Å². The van der Waals surface area contributed by atoms with Crippen LogP contribution in [0.25, 0.3) is 0 Å². The van der Waals surface area contributed by atoms with Crippen molar-refractivity contribution in [3.8, 4) is 0 Å². The quantitative estimate of drug-likeness (QED) is 0.224. The van der Waals surface area contributed by atoms with E-state index < -0.39 is 0 Å². The number of hydrogen-bond acceptors (Lipinski definition) is 2. The maximum absolute atomic E-state index is 11.8. The zero-order chi connectivity index (χ0) is 17.4. The standard InChI is InChI=1S/C21H42O2/c1-5-7-8-9-10-11-12-13-14-15-16-17-18-19-23-20(22)21(3,4)6-2/h5-19H2,1-4H3. The smallest absolute Gasteiger partial charge is 0.311 e. The molecule has 0 saturated carbocycles. The fourth-order valence-electron chi connectivity index (χ4n) is 2.62. The monoisotopic (exact) mass is 326 g/mol. The first-order valence-corrected chi connectivity index (χ1v) is 10.2. The maximum atomic E-state index is 11.8. The molecular weight excluding hydrogens is 284 g/mol. The Morgan fingerprint density at radius 2 is 1.09 bits per heavy atom. The van der Waals surface area contributed by atoms with E-state index in [0.717, 1.165) is 12.8 Å². The van der Waals surface area contributed by atoms with Gasteiger partial charge in [-0.3, -0.25) is 4.79 Å². The molecule has 0 unspecified atom stereocenters. The van der Waals surface area contributed by atoms with Crippen LogP contribution < -0.4 is 0 Å². The summed E-state index contributed by atoms with van der Waals surface area (Å²) in [5, 5.41) is 0. The minimum Gasteiger partial charge on any atom is -0.465 e. The Morgan fingerprint density at radius 1 is 0.696 bits per heavy atom. The Bertz CT molecular complexity index is 271. The summed E-state index contributed by atoms with van der Waals surface area (Å²) in [4.78, 5) is 11.8. The van der Waals surface area contributed by atoms with Crippen molar-refractivity contribution >= 4 is 5.97 Å². The number of unbranched alkanes of at least 4 members (excludes halogenated alkanes) is 12. The summed E-state index contributed by atoms with van der Waals surface area (Å²) in [6, 6.07) is 0. The SMILES string of the molecule is CCCCCCCCCCCCCCCOC(=O)C(C)(C)CC. The first kappa shape index (κ1) is 22.5. The molecule has 0 rings (SSSR count). The minimum absolute atomic E-state index is 0.0427. The molecule has 0 saturated heterocycles. The van der Waals surface area contributed by atoms with E-state index in [1.807, 2.05) is 20.8 Å². The molecule has 0 aliphatic carbocycles. The van der Waals surface area contributed by atoms with E-state index in [-0.39, 0.29) is 11.4 Å². The van der Waals surface area contributed by atoms with Crippen LogP contribution in [0.5, 0.6) is 0 Å². The van der Waals surface area contributed by atoms with Crippen molar-refractivity contribution in [2.45, 2.75) is 118 Å². The number of esters is 1. The highest BCUT2D eigenvalue weighted by Crippen LogP contribution is 2.21. The fraction of sp³-hybridized carbons (Fsp3) is 0.952. The Hall–Kier alpha value is -0.530. The van der Waals surface area contributed by atoms with Crippen LogP contribution in [0.15, 0.2) is 0 Å². The summed E-state index contributed by atoms with van der Waals surface area (Å²) in [6.45, 7) is 8.82. The van der Waals surface area contributed by atoms with Crippen LogP contribution in [-0.2, 0) is 9.53 Å². The van der Waals surface area contributed by atoms with E-state index in [1.54, 1.807) is 0 Å². The molecular formula is C21H42O2. The normalized spacial score (nSPS) is 11.7. The van der Waals surface area contributed by atoms with Gasteiger partial charge in [-0.1, -0.05) is 90.9 Å². The maximum Gasteiger partial charge on any atom is 0.311 e. The Kier molecular flexibility index (Phi) is 14.7. The molecule has 0 fully saturated rings. The number of rotatable bonds is 16. The Balaban J connectivity index is 3.21. The fourth-order valence-corrected chi connectivity index (χ4v) is 2.62. The van der Waals surface area contributed by atoms with Crippen LogP contribution in [0.4, 0.5) is 0 Å². The van der Waals surface area contributed by atoms with E-state index in [1.165, 1.54) is 77.0 Å². The van der Waals surface area contributed by atoms with Crippen molar-refractivity contribution in [3.05, 3.63) is 0 Å². The minimum atomic E-state index is -0.323. The summed E-state index contributed by atoms with van der Waals surface area (Å²) in [5.41, 5.74) is -0.323. The molecule has 0 aromatic heterocycles. The highest BCUT2D eigenvalue weighted by atomic mass is 16.5. The Labute approximate surface area is 145 Å². The van der Waals surface area contributed by atoms with E-state index in [9.17, 15) is 4.79 Å². The molecule has 2 nitrogen and oxygen atoms in total. The number of carbonyl (C=O) groups is 1. The van der Waals surface area contributed by atoms with Crippen molar-refractivity contribution in [1.82, 2.24) is 0 Å². The molecule has 0 heterocycles. The molecule has 0 radical (unpaired) electrons. The summed E-state index contributed by atoms with van der Waals surface area (Å²) < 4.78 is 5.36. The molecule has 0 aliphatic heterocycles. The molecule has 23 heavy (non-hydrogen) atoms. The molecule has 0 spiro atoms. The van der Waals surface area contributed by atoms with Gasteiger partial charge < -0.3 is 4.74 Å². The number of ether oxygens (including phenoxy) is 1. The molecule has 0 atom stereocenters. The lowest BCUT2D eigenvalue weighted by molar-refractivity contribution is -0.154. The molecule has 0 amide bonds. The number of carbonyl (C=O) groups excluding carboxylic acids is 1. The van der Waals surface area contributed by atoms with Crippen molar-refractivity contribution in [2.75, 3.05) is 6.61 Å². The lowest BCUT2D eigenvalue weighted by atomic mass is 9.91. The van der Waals surface area contributed by atoms with Gasteiger partial charge in [0.25, 0.3) is 0 Å². The van der Waals surface area contributed by atoms with Gasteiger partial charge >= 0.3 is 5.97 Å². The number of hydrogen-bond donors (Lipinski definition) is 0. The van der Waals surface area contributed by atoms with Crippen LogP contribution in [0.3, 0.4) is 0 Å².